The van der Waals surface area contributed by atoms with Crippen LogP contribution in [0.1, 0.15) is 42.5 Å². The maximum atomic E-state index is 5.34. The molecular weight excluding hydrogens is 406 g/mol. The predicted octanol–water partition coefficient (Wildman–Crippen LogP) is 1.75. The number of hydrogen-bond donors (Lipinski definition) is 2. The molecule has 2 aromatic rings. The summed E-state index contributed by atoms with van der Waals surface area (Å²) in [7, 11) is 5.20. The molecule has 1 fully saturated rings. The van der Waals surface area contributed by atoms with Gasteiger partial charge in [0.2, 0.25) is 0 Å². The van der Waals surface area contributed by atoms with Crippen molar-refractivity contribution < 1.29 is 9.47 Å². The number of ether oxygens (including phenoxy) is 2. The highest BCUT2D eigenvalue weighted by Crippen LogP contribution is 2.26. The summed E-state index contributed by atoms with van der Waals surface area (Å²) >= 11 is 0. The number of methoxy groups -OCH3 is 2. The largest absolute Gasteiger partial charge is 0.497 e. The molecular formula is C23H35N7O2. The van der Waals surface area contributed by atoms with Crippen molar-refractivity contribution in [2.24, 2.45) is 4.99 Å². The molecule has 0 bridgehead atoms. The van der Waals surface area contributed by atoms with Gasteiger partial charge in [-0.15, -0.1) is 0 Å². The molecule has 9 nitrogen and oxygen atoms in total. The van der Waals surface area contributed by atoms with Gasteiger partial charge in [0, 0.05) is 33.2 Å². The number of benzene rings is 1. The van der Waals surface area contributed by atoms with Crippen LogP contribution in [0.15, 0.2) is 29.3 Å². The minimum absolute atomic E-state index is 0.261. The van der Waals surface area contributed by atoms with Gasteiger partial charge in [-0.25, -0.2) is 9.67 Å². The lowest BCUT2D eigenvalue weighted by atomic mass is 10.1. The van der Waals surface area contributed by atoms with Crippen LogP contribution >= 0.6 is 0 Å². The molecule has 2 aliphatic rings. The van der Waals surface area contributed by atoms with Crippen LogP contribution in [0.3, 0.4) is 0 Å². The Morgan fingerprint density at radius 3 is 2.69 bits per heavy atom. The number of hydrogen-bond acceptors (Lipinski definition) is 6. The van der Waals surface area contributed by atoms with Gasteiger partial charge in [-0.1, -0.05) is 12.1 Å². The number of fused-ring (bicyclic) bond motifs is 1. The molecule has 9 heteroatoms. The van der Waals surface area contributed by atoms with Crippen molar-refractivity contribution in [3.8, 4) is 5.75 Å². The predicted molar refractivity (Wildman–Crippen MR) is 124 cm³/mol. The van der Waals surface area contributed by atoms with Crippen molar-refractivity contribution >= 4 is 5.96 Å². The number of nitrogens with zero attached hydrogens (tertiary/aromatic N) is 5. The molecule has 4 rings (SSSR count). The Balaban J connectivity index is 1.37. The molecule has 2 atom stereocenters. The summed E-state index contributed by atoms with van der Waals surface area (Å²) in [6.45, 7) is 4.29. The lowest BCUT2D eigenvalue weighted by Gasteiger charge is -2.30. The molecule has 2 unspecified atom stereocenters. The zero-order valence-corrected chi connectivity index (χ0v) is 19.4. The second-order valence-electron chi connectivity index (χ2n) is 8.42. The maximum Gasteiger partial charge on any atom is 0.191 e. The molecule has 1 aromatic carbocycles. The quantitative estimate of drug-likeness (QED) is 0.477. The van der Waals surface area contributed by atoms with E-state index < -0.39 is 0 Å². The lowest BCUT2D eigenvalue weighted by Crippen LogP contribution is -2.49. The third-order valence-electron chi connectivity index (χ3n) is 6.28. The fraction of sp³-hybridized carbons (Fsp3) is 0.609. The highest BCUT2D eigenvalue weighted by Gasteiger charge is 2.25. The minimum atomic E-state index is 0.261. The summed E-state index contributed by atoms with van der Waals surface area (Å²) in [5, 5.41) is 11.7. The number of aliphatic imine (C=N–C) groups is 1. The van der Waals surface area contributed by atoms with Crippen molar-refractivity contribution in [3.05, 3.63) is 41.5 Å². The van der Waals surface area contributed by atoms with E-state index in [1.165, 1.54) is 18.4 Å². The zero-order valence-electron chi connectivity index (χ0n) is 19.4. The van der Waals surface area contributed by atoms with Gasteiger partial charge >= 0.3 is 0 Å². The Bertz CT molecular complexity index is 890. The molecule has 0 amide bonds. The summed E-state index contributed by atoms with van der Waals surface area (Å²) in [5.41, 5.74) is 1.30. The van der Waals surface area contributed by atoms with Gasteiger partial charge in [0.15, 0.2) is 11.8 Å². The smallest absolute Gasteiger partial charge is 0.191 e. The molecule has 1 aromatic heterocycles. The summed E-state index contributed by atoms with van der Waals surface area (Å²) in [5.74, 6) is 3.50. The van der Waals surface area contributed by atoms with E-state index in [0.29, 0.717) is 12.6 Å². The molecule has 0 saturated carbocycles. The average molecular weight is 442 g/mol. The van der Waals surface area contributed by atoms with Gasteiger partial charge in [0.1, 0.15) is 18.2 Å². The third kappa shape index (κ3) is 5.39. The molecule has 0 spiro atoms. The maximum absolute atomic E-state index is 5.34. The van der Waals surface area contributed by atoms with Crippen molar-refractivity contribution in [1.82, 2.24) is 30.3 Å². The Labute approximate surface area is 190 Å². The van der Waals surface area contributed by atoms with E-state index >= 15 is 0 Å². The summed E-state index contributed by atoms with van der Waals surface area (Å²) in [4.78, 5) is 11.6. The van der Waals surface area contributed by atoms with E-state index in [1.54, 1.807) is 14.2 Å². The van der Waals surface area contributed by atoms with Crippen LogP contribution in [0, 0.1) is 0 Å². The first-order chi connectivity index (χ1) is 15.7. The monoisotopic (exact) mass is 441 g/mol. The first kappa shape index (κ1) is 22.5. The average Bonchev–Trinajstić information content (AvgIpc) is 3.48. The standard InChI is InChI=1S/C23H35N7O2/c1-24-23(26-18-8-11-22-27-21(16-31-2)28-30(22)15-18)25-14-20(29-12-4-5-13-29)17-6-9-19(32-3)10-7-17/h6-7,9-10,18,20H,4-5,8,11-16H2,1-3H3,(H2,24,25,26). The van der Waals surface area contributed by atoms with Gasteiger partial charge < -0.3 is 20.1 Å². The molecule has 0 radical (unpaired) electrons. The van der Waals surface area contributed by atoms with Crippen LogP contribution in [0.5, 0.6) is 5.75 Å². The molecule has 32 heavy (non-hydrogen) atoms. The summed E-state index contributed by atoms with van der Waals surface area (Å²) in [6, 6.07) is 8.99. The van der Waals surface area contributed by atoms with Crippen LogP contribution in [0.25, 0.3) is 0 Å². The Kier molecular flexibility index (Phi) is 7.59. The Hall–Kier alpha value is -2.65. The topological polar surface area (TPSA) is 88.8 Å². The first-order valence-corrected chi connectivity index (χ1v) is 11.5. The molecule has 2 aliphatic heterocycles. The highest BCUT2D eigenvalue weighted by atomic mass is 16.5. The molecule has 1 saturated heterocycles. The summed E-state index contributed by atoms with van der Waals surface area (Å²) < 4.78 is 12.5. The van der Waals surface area contributed by atoms with E-state index in [4.69, 9.17) is 9.47 Å². The normalized spacial score (nSPS) is 20.1. The van der Waals surface area contributed by atoms with Crippen LogP contribution in [-0.2, 0) is 24.3 Å². The van der Waals surface area contributed by atoms with E-state index in [9.17, 15) is 0 Å². The molecule has 2 N–H and O–H groups in total. The minimum Gasteiger partial charge on any atom is -0.497 e. The highest BCUT2D eigenvalue weighted by molar-refractivity contribution is 5.80. The number of aryl methyl sites for hydroxylation is 1. The van der Waals surface area contributed by atoms with Crippen molar-refractivity contribution in [3.63, 3.8) is 0 Å². The molecule has 174 valence electrons. The van der Waals surface area contributed by atoms with E-state index in [-0.39, 0.29) is 6.04 Å². The number of rotatable bonds is 8. The van der Waals surface area contributed by atoms with Gasteiger partial charge in [-0.3, -0.25) is 9.89 Å². The number of aromatic nitrogens is 3. The molecule has 3 heterocycles. The van der Waals surface area contributed by atoms with E-state index in [0.717, 1.165) is 62.4 Å². The van der Waals surface area contributed by atoms with Gasteiger partial charge in [-0.2, -0.15) is 5.10 Å². The first-order valence-electron chi connectivity index (χ1n) is 11.5. The fourth-order valence-corrected chi connectivity index (χ4v) is 4.59. The van der Waals surface area contributed by atoms with Crippen LogP contribution in [0.4, 0.5) is 0 Å². The Morgan fingerprint density at radius 2 is 2.00 bits per heavy atom. The van der Waals surface area contributed by atoms with E-state index in [1.807, 2.05) is 23.9 Å². The van der Waals surface area contributed by atoms with Gasteiger partial charge in [0.05, 0.1) is 19.7 Å². The van der Waals surface area contributed by atoms with Crippen molar-refractivity contribution in [1.29, 1.82) is 0 Å². The van der Waals surface area contributed by atoms with Gasteiger partial charge in [0.25, 0.3) is 0 Å². The van der Waals surface area contributed by atoms with Crippen molar-refractivity contribution in [2.75, 3.05) is 40.9 Å². The summed E-state index contributed by atoms with van der Waals surface area (Å²) in [6.07, 6.45) is 4.41. The molecule has 0 aliphatic carbocycles. The van der Waals surface area contributed by atoms with Crippen LogP contribution < -0.4 is 15.4 Å². The second kappa shape index (κ2) is 10.8. The van der Waals surface area contributed by atoms with Crippen LogP contribution in [-0.4, -0.2) is 72.6 Å². The van der Waals surface area contributed by atoms with Crippen molar-refractivity contribution in [2.45, 2.75) is 50.9 Å². The second-order valence-corrected chi connectivity index (χ2v) is 8.42. The van der Waals surface area contributed by atoms with Crippen LogP contribution in [0.2, 0.25) is 0 Å². The lowest BCUT2D eigenvalue weighted by molar-refractivity contribution is 0.177. The SMILES string of the molecule is CN=C(NCC(c1ccc(OC)cc1)N1CCCC1)NC1CCc2nc(COC)nn2C1. The number of likely N-dealkylation sites (tertiary alicyclic amines) is 1. The third-order valence-corrected chi connectivity index (χ3v) is 6.28. The van der Waals surface area contributed by atoms with Gasteiger partial charge in [-0.05, 0) is 50.0 Å². The number of nitrogens with one attached hydrogen (secondary N) is 2. The zero-order chi connectivity index (χ0) is 22.3. The van der Waals surface area contributed by atoms with E-state index in [2.05, 4.69) is 42.7 Å². The number of guanidine groups is 1. The Morgan fingerprint density at radius 1 is 1.22 bits per heavy atom. The fourth-order valence-electron chi connectivity index (χ4n) is 4.59.